The minimum atomic E-state index is -0.778. The monoisotopic (exact) mass is 567 g/mol. The van der Waals surface area contributed by atoms with Crippen LogP contribution in [0.2, 0.25) is 5.02 Å². The van der Waals surface area contributed by atoms with E-state index in [-0.39, 0.29) is 18.2 Å². The molecule has 0 saturated carbocycles. The maximum absolute atomic E-state index is 13.7. The van der Waals surface area contributed by atoms with Gasteiger partial charge in [0.05, 0.1) is 33.4 Å². The fraction of sp³-hybridized carbons (Fsp3) is 0.276. The van der Waals surface area contributed by atoms with Crippen LogP contribution in [0.1, 0.15) is 17.5 Å². The highest BCUT2D eigenvalue weighted by atomic mass is 35.5. The maximum atomic E-state index is 13.7. The number of hydrogen-bond acceptors (Lipinski definition) is 6. The summed E-state index contributed by atoms with van der Waals surface area (Å²) >= 11 is 12.0. The summed E-state index contributed by atoms with van der Waals surface area (Å²) in [7, 11) is 4.74. The van der Waals surface area contributed by atoms with Crippen molar-refractivity contribution in [3.63, 3.8) is 0 Å². The van der Waals surface area contributed by atoms with Crippen molar-refractivity contribution in [2.24, 2.45) is 0 Å². The van der Waals surface area contributed by atoms with Crippen molar-refractivity contribution >= 4 is 52.1 Å². The van der Waals surface area contributed by atoms with Gasteiger partial charge in [-0.1, -0.05) is 23.7 Å². The van der Waals surface area contributed by atoms with Crippen LogP contribution < -0.4 is 24.4 Å². The molecule has 4 rings (SSSR count). The first-order chi connectivity index (χ1) is 18.8. The minimum Gasteiger partial charge on any atom is -0.497 e. The van der Waals surface area contributed by atoms with Crippen LogP contribution in [0.5, 0.6) is 17.2 Å². The van der Waals surface area contributed by atoms with Crippen LogP contribution in [0, 0.1) is 6.92 Å². The van der Waals surface area contributed by atoms with Crippen LogP contribution in [0.15, 0.2) is 60.7 Å². The second-order valence-electron chi connectivity index (χ2n) is 8.97. The lowest BCUT2D eigenvalue weighted by Crippen LogP contribution is -2.39. The van der Waals surface area contributed by atoms with Crippen LogP contribution in [0.4, 0.5) is 11.4 Å². The molecule has 1 N–H and O–H groups in total. The van der Waals surface area contributed by atoms with Crippen molar-refractivity contribution < 1.29 is 23.8 Å². The van der Waals surface area contributed by atoms with Gasteiger partial charge in [0, 0.05) is 17.3 Å². The molecule has 3 aromatic carbocycles. The van der Waals surface area contributed by atoms with Gasteiger partial charge >= 0.3 is 0 Å². The van der Waals surface area contributed by atoms with Crippen molar-refractivity contribution in [1.29, 1.82) is 0 Å². The molecule has 2 amide bonds. The van der Waals surface area contributed by atoms with Gasteiger partial charge in [0.25, 0.3) is 5.91 Å². The molecular weight excluding hydrogens is 538 g/mol. The van der Waals surface area contributed by atoms with Crippen LogP contribution in [0.25, 0.3) is 0 Å². The number of nitrogens with one attached hydrogen (secondary N) is 1. The molecule has 8 nitrogen and oxygen atoms in total. The van der Waals surface area contributed by atoms with Crippen molar-refractivity contribution in [2.45, 2.75) is 25.8 Å². The highest BCUT2D eigenvalue weighted by Crippen LogP contribution is 2.31. The first-order valence-corrected chi connectivity index (χ1v) is 13.1. The van der Waals surface area contributed by atoms with Crippen LogP contribution in [0.3, 0.4) is 0 Å². The molecule has 1 aliphatic heterocycles. The SMILES string of the molecule is COc1ccc(N2C(=O)C(CC(=O)Nc3cccc(Cl)c3C)N(CCc3ccc(OC)c(OC)c3)C2=S)cc1. The number of carbonyl (C=O) groups is 2. The summed E-state index contributed by atoms with van der Waals surface area (Å²) < 4.78 is 16.0. The standard InChI is InChI=1S/C29H30ClN3O5S/c1-18-22(30)6-5-7-23(18)31-27(34)17-24-28(35)33(20-9-11-21(36-2)12-10-20)29(39)32(24)15-14-19-8-13-25(37-3)26(16-19)38-4/h5-13,16,24H,14-15,17H2,1-4H3,(H,31,34). The minimum absolute atomic E-state index is 0.0798. The zero-order valence-electron chi connectivity index (χ0n) is 22.2. The lowest BCUT2D eigenvalue weighted by molar-refractivity contribution is -0.124. The van der Waals surface area contributed by atoms with E-state index < -0.39 is 6.04 Å². The zero-order chi connectivity index (χ0) is 28.1. The Bertz CT molecular complexity index is 1380. The molecule has 0 aliphatic carbocycles. The third kappa shape index (κ3) is 6.10. The molecule has 0 bridgehead atoms. The second kappa shape index (κ2) is 12.4. The number of amides is 2. The van der Waals surface area contributed by atoms with Gasteiger partial charge in [-0.3, -0.25) is 14.5 Å². The van der Waals surface area contributed by atoms with E-state index in [1.54, 1.807) is 63.8 Å². The molecule has 1 unspecified atom stereocenters. The number of thiocarbonyl (C=S) groups is 1. The molecule has 1 atom stereocenters. The topological polar surface area (TPSA) is 80.3 Å². The maximum Gasteiger partial charge on any atom is 0.256 e. The third-order valence-corrected chi connectivity index (χ3v) is 7.49. The van der Waals surface area contributed by atoms with Gasteiger partial charge in [0.2, 0.25) is 5.91 Å². The van der Waals surface area contributed by atoms with Crippen molar-refractivity contribution in [1.82, 2.24) is 4.90 Å². The second-order valence-corrected chi connectivity index (χ2v) is 9.74. The lowest BCUT2D eigenvalue weighted by atomic mass is 10.1. The molecule has 1 aliphatic rings. The number of hydrogen-bond donors (Lipinski definition) is 1. The number of rotatable bonds is 10. The van der Waals surface area contributed by atoms with E-state index in [9.17, 15) is 9.59 Å². The molecule has 39 heavy (non-hydrogen) atoms. The van der Waals surface area contributed by atoms with E-state index in [1.807, 2.05) is 30.0 Å². The molecule has 10 heteroatoms. The van der Waals surface area contributed by atoms with Gasteiger partial charge in [-0.25, -0.2) is 0 Å². The fourth-order valence-corrected chi connectivity index (χ4v) is 5.05. The fourth-order valence-electron chi connectivity index (χ4n) is 4.46. The Labute approximate surface area is 238 Å². The zero-order valence-corrected chi connectivity index (χ0v) is 23.8. The quantitative estimate of drug-likeness (QED) is 0.335. The number of benzene rings is 3. The number of anilines is 2. The summed E-state index contributed by atoms with van der Waals surface area (Å²) in [6, 6.07) is 17.3. The molecule has 0 spiro atoms. The highest BCUT2D eigenvalue weighted by molar-refractivity contribution is 7.80. The van der Waals surface area contributed by atoms with Crippen molar-refractivity contribution in [3.05, 3.63) is 76.8 Å². The van der Waals surface area contributed by atoms with Crippen LogP contribution >= 0.6 is 23.8 Å². The molecule has 3 aromatic rings. The first-order valence-electron chi connectivity index (χ1n) is 12.3. The number of methoxy groups -OCH3 is 3. The normalized spacial score (nSPS) is 14.9. The van der Waals surface area contributed by atoms with E-state index in [0.717, 1.165) is 11.1 Å². The molecule has 1 saturated heterocycles. The predicted molar refractivity (Wildman–Crippen MR) is 156 cm³/mol. The average molecular weight is 568 g/mol. The molecule has 1 heterocycles. The Morgan fingerprint density at radius 2 is 1.72 bits per heavy atom. The summed E-state index contributed by atoms with van der Waals surface area (Å²) in [5.41, 5.74) is 2.94. The Kier molecular flexibility index (Phi) is 8.93. The van der Waals surface area contributed by atoms with Crippen molar-refractivity contribution in [3.8, 4) is 17.2 Å². The molecule has 1 fully saturated rings. The van der Waals surface area contributed by atoms with Crippen LogP contribution in [-0.4, -0.2) is 55.7 Å². The molecule has 0 radical (unpaired) electrons. The molecule has 0 aromatic heterocycles. The smallest absolute Gasteiger partial charge is 0.256 e. The molecule has 204 valence electrons. The van der Waals surface area contributed by atoms with E-state index in [1.165, 1.54) is 4.90 Å². The summed E-state index contributed by atoms with van der Waals surface area (Å²) in [5, 5.41) is 3.78. The largest absolute Gasteiger partial charge is 0.497 e. The van der Waals surface area contributed by atoms with Gasteiger partial charge in [-0.2, -0.15) is 0 Å². The number of ether oxygens (including phenoxy) is 3. The number of carbonyl (C=O) groups excluding carboxylic acids is 2. The van der Waals surface area contributed by atoms with Crippen molar-refractivity contribution in [2.75, 3.05) is 38.1 Å². The van der Waals surface area contributed by atoms with E-state index in [4.69, 9.17) is 38.0 Å². The van der Waals surface area contributed by atoms with Gasteiger partial charge in [0.15, 0.2) is 16.6 Å². The summed E-state index contributed by atoms with van der Waals surface area (Å²) in [4.78, 5) is 30.1. The van der Waals surface area contributed by atoms with E-state index >= 15 is 0 Å². The Hall–Kier alpha value is -3.82. The van der Waals surface area contributed by atoms with E-state index in [2.05, 4.69) is 5.32 Å². The highest BCUT2D eigenvalue weighted by Gasteiger charge is 2.44. The van der Waals surface area contributed by atoms with Gasteiger partial charge in [-0.15, -0.1) is 0 Å². The van der Waals surface area contributed by atoms with E-state index in [0.29, 0.717) is 51.7 Å². The third-order valence-electron chi connectivity index (χ3n) is 6.66. The van der Waals surface area contributed by atoms with Gasteiger partial charge < -0.3 is 24.4 Å². The number of halogens is 1. The first kappa shape index (κ1) is 28.2. The average Bonchev–Trinajstić information content (AvgIpc) is 3.17. The van der Waals surface area contributed by atoms with Gasteiger partial charge in [0.1, 0.15) is 11.8 Å². The summed E-state index contributed by atoms with van der Waals surface area (Å²) in [5.74, 6) is 1.33. The summed E-state index contributed by atoms with van der Waals surface area (Å²) in [6.45, 7) is 2.25. The Balaban J connectivity index is 1.58. The predicted octanol–water partition coefficient (Wildman–Crippen LogP) is 5.25. The summed E-state index contributed by atoms with van der Waals surface area (Å²) in [6.07, 6.45) is 0.485. The number of nitrogens with zero attached hydrogens (tertiary/aromatic N) is 2. The Morgan fingerprint density at radius 1 is 1.00 bits per heavy atom. The Morgan fingerprint density at radius 3 is 2.38 bits per heavy atom. The van der Waals surface area contributed by atoms with Crippen LogP contribution in [-0.2, 0) is 16.0 Å². The van der Waals surface area contributed by atoms with Gasteiger partial charge in [-0.05, 0) is 85.2 Å². The lowest BCUT2D eigenvalue weighted by Gasteiger charge is -2.24. The molecular formula is C29H30ClN3O5S.